The predicted molar refractivity (Wildman–Crippen MR) is 242 cm³/mol. The van der Waals surface area contributed by atoms with Crippen molar-refractivity contribution < 1.29 is 19.4 Å². The molecule has 0 aliphatic heterocycles. The first-order valence-electron chi connectivity index (χ1n) is 23.9. The van der Waals surface area contributed by atoms with Crippen molar-refractivity contribution in [2.24, 2.45) is 0 Å². The van der Waals surface area contributed by atoms with Crippen LogP contribution in [-0.4, -0.2) is 37.0 Å². The summed E-state index contributed by atoms with van der Waals surface area (Å²) < 4.78 is 11.2. The molecule has 1 N–H and O–H groups in total. The van der Waals surface area contributed by atoms with Gasteiger partial charge in [0.1, 0.15) is 6.10 Å². The molecule has 1 unspecified atom stereocenters. The molecule has 0 amide bonds. The van der Waals surface area contributed by atoms with Crippen molar-refractivity contribution in [3.8, 4) is 0 Å². The molecule has 0 saturated carbocycles. The second-order valence-corrected chi connectivity index (χ2v) is 15.8. The van der Waals surface area contributed by atoms with Crippen molar-refractivity contribution in [3.05, 3.63) is 60.8 Å². The van der Waals surface area contributed by atoms with Gasteiger partial charge >= 0.3 is 5.97 Å². The van der Waals surface area contributed by atoms with Crippen molar-refractivity contribution in [3.63, 3.8) is 0 Å². The predicted octanol–water partition coefficient (Wildman–Crippen LogP) is 16.0. The van der Waals surface area contributed by atoms with Gasteiger partial charge in [-0.15, -0.1) is 0 Å². The Morgan fingerprint density at radius 1 is 0.455 bits per heavy atom. The number of aliphatic hydroxyl groups is 1. The van der Waals surface area contributed by atoms with Gasteiger partial charge in [0.15, 0.2) is 0 Å². The number of carbonyl (C=O) groups excluding carboxylic acids is 1. The summed E-state index contributed by atoms with van der Waals surface area (Å²) in [6.45, 7) is 5.25. The van der Waals surface area contributed by atoms with E-state index in [0.717, 1.165) is 51.4 Å². The average Bonchev–Trinajstić information content (AvgIpc) is 3.19. The first kappa shape index (κ1) is 53.1. The van der Waals surface area contributed by atoms with Crippen LogP contribution in [-0.2, 0) is 14.3 Å². The Morgan fingerprint density at radius 2 is 0.818 bits per heavy atom. The summed E-state index contributed by atoms with van der Waals surface area (Å²) in [6.07, 6.45) is 64.4. The van der Waals surface area contributed by atoms with Crippen LogP contribution in [0.1, 0.15) is 232 Å². The zero-order chi connectivity index (χ0) is 39.8. The Hall–Kier alpha value is -1.91. The Kier molecular flexibility index (Phi) is 46.6. The molecule has 0 bridgehead atoms. The lowest BCUT2D eigenvalue weighted by atomic mass is 10.0. The molecule has 0 fully saturated rings. The highest BCUT2D eigenvalue weighted by Gasteiger charge is 2.13. The standard InChI is InChI=1S/C51H92O4/c1-3-5-7-9-11-13-15-17-19-21-22-23-24-25-26-27-28-29-31-33-35-37-39-41-43-45-47-54-49-50(48-52)55-51(53)46-44-42-40-38-36-34-32-30-20-18-16-14-12-10-8-6-4-2/h5,7,11,13,17,19,22-23,25-26,50,52H,3-4,6,8-10,12,14-16,18,20-21,24,27-49H2,1-2H3/b7-5-,13-11-,19-17-,23-22-,26-25-. The third kappa shape index (κ3) is 46.4. The molecule has 0 aromatic heterocycles. The summed E-state index contributed by atoms with van der Waals surface area (Å²) in [5, 5.41) is 9.63. The van der Waals surface area contributed by atoms with Gasteiger partial charge in [-0.25, -0.2) is 0 Å². The molecule has 0 heterocycles. The molecule has 4 nitrogen and oxygen atoms in total. The van der Waals surface area contributed by atoms with Gasteiger partial charge in [0.25, 0.3) is 0 Å². The molecule has 0 spiro atoms. The number of hydrogen-bond acceptors (Lipinski definition) is 4. The summed E-state index contributed by atoms with van der Waals surface area (Å²) in [6, 6.07) is 0. The number of hydrogen-bond donors (Lipinski definition) is 1. The topological polar surface area (TPSA) is 55.8 Å². The third-order valence-corrected chi connectivity index (χ3v) is 10.4. The summed E-state index contributed by atoms with van der Waals surface area (Å²) in [5.74, 6) is -0.200. The van der Waals surface area contributed by atoms with Crippen molar-refractivity contribution in [1.82, 2.24) is 0 Å². The van der Waals surface area contributed by atoms with Gasteiger partial charge in [0, 0.05) is 13.0 Å². The van der Waals surface area contributed by atoms with E-state index in [1.54, 1.807) is 0 Å². The van der Waals surface area contributed by atoms with Crippen LogP contribution in [0, 0.1) is 0 Å². The minimum Gasteiger partial charge on any atom is -0.457 e. The zero-order valence-corrected chi connectivity index (χ0v) is 36.7. The van der Waals surface area contributed by atoms with Gasteiger partial charge in [0.2, 0.25) is 0 Å². The molecular formula is C51H92O4. The second kappa shape index (κ2) is 48.2. The fourth-order valence-corrected chi connectivity index (χ4v) is 6.83. The molecule has 0 aliphatic carbocycles. The smallest absolute Gasteiger partial charge is 0.306 e. The Balaban J connectivity index is 3.43. The van der Waals surface area contributed by atoms with E-state index in [0.29, 0.717) is 19.6 Å². The van der Waals surface area contributed by atoms with Crippen LogP contribution in [0.25, 0.3) is 0 Å². The largest absolute Gasteiger partial charge is 0.457 e. The first-order chi connectivity index (χ1) is 27.2. The molecule has 0 aromatic rings. The molecule has 0 aliphatic rings. The van der Waals surface area contributed by atoms with E-state index in [1.165, 1.54) is 161 Å². The summed E-state index contributed by atoms with van der Waals surface area (Å²) in [4.78, 5) is 12.2. The van der Waals surface area contributed by atoms with Crippen LogP contribution in [0.3, 0.4) is 0 Å². The molecule has 0 radical (unpaired) electrons. The first-order valence-corrected chi connectivity index (χ1v) is 23.9. The van der Waals surface area contributed by atoms with Crippen LogP contribution in [0.2, 0.25) is 0 Å². The van der Waals surface area contributed by atoms with Crippen molar-refractivity contribution in [2.75, 3.05) is 19.8 Å². The van der Waals surface area contributed by atoms with Gasteiger partial charge in [-0.05, 0) is 57.8 Å². The number of esters is 1. The minimum absolute atomic E-state index is 0.172. The quantitative estimate of drug-likeness (QED) is 0.0381. The van der Waals surface area contributed by atoms with Gasteiger partial charge in [-0.3, -0.25) is 4.79 Å². The van der Waals surface area contributed by atoms with E-state index >= 15 is 0 Å². The van der Waals surface area contributed by atoms with Crippen LogP contribution < -0.4 is 0 Å². The van der Waals surface area contributed by atoms with Crippen molar-refractivity contribution in [2.45, 2.75) is 238 Å². The van der Waals surface area contributed by atoms with Gasteiger partial charge in [-0.2, -0.15) is 0 Å². The molecule has 1 atom stereocenters. The van der Waals surface area contributed by atoms with Crippen LogP contribution in [0.4, 0.5) is 0 Å². The minimum atomic E-state index is -0.537. The Labute approximate surface area is 343 Å². The van der Waals surface area contributed by atoms with Gasteiger partial charge in [-0.1, -0.05) is 229 Å². The Morgan fingerprint density at radius 3 is 1.24 bits per heavy atom. The number of carbonyl (C=O) groups is 1. The van der Waals surface area contributed by atoms with E-state index in [4.69, 9.17) is 9.47 Å². The number of allylic oxidation sites excluding steroid dienone is 10. The third-order valence-electron chi connectivity index (χ3n) is 10.4. The molecule has 0 rings (SSSR count). The van der Waals surface area contributed by atoms with E-state index in [1.807, 2.05) is 0 Å². The lowest BCUT2D eigenvalue weighted by molar-refractivity contribution is -0.154. The second-order valence-electron chi connectivity index (χ2n) is 15.8. The van der Waals surface area contributed by atoms with Gasteiger partial charge < -0.3 is 14.6 Å². The summed E-state index contributed by atoms with van der Waals surface area (Å²) in [5.41, 5.74) is 0. The van der Waals surface area contributed by atoms with Crippen molar-refractivity contribution >= 4 is 5.97 Å². The van der Waals surface area contributed by atoms with Gasteiger partial charge in [0.05, 0.1) is 13.2 Å². The van der Waals surface area contributed by atoms with E-state index < -0.39 is 6.10 Å². The molecule has 55 heavy (non-hydrogen) atoms. The highest BCUT2D eigenvalue weighted by atomic mass is 16.6. The fraction of sp³-hybridized carbons (Fsp3) is 0.784. The average molecular weight is 769 g/mol. The fourth-order valence-electron chi connectivity index (χ4n) is 6.83. The zero-order valence-electron chi connectivity index (χ0n) is 36.7. The number of rotatable bonds is 44. The maximum absolute atomic E-state index is 12.2. The summed E-state index contributed by atoms with van der Waals surface area (Å²) in [7, 11) is 0. The van der Waals surface area contributed by atoms with Crippen LogP contribution in [0.15, 0.2) is 60.8 Å². The van der Waals surface area contributed by atoms with Crippen LogP contribution in [0.5, 0.6) is 0 Å². The van der Waals surface area contributed by atoms with E-state index in [-0.39, 0.29) is 12.6 Å². The normalized spacial score (nSPS) is 12.9. The SMILES string of the molecule is CC/C=C\C/C=C\C/C=C\C/C=C\C/C=C\CCCCCCCCCCCCOCC(CO)OC(=O)CCCCCCCCCCCCCCCCCCC. The van der Waals surface area contributed by atoms with Crippen LogP contribution >= 0.6 is 0 Å². The molecular weight excluding hydrogens is 677 g/mol. The highest BCUT2D eigenvalue weighted by molar-refractivity contribution is 5.69. The monoisotopic (exact) mass is 769 g/mol. The lowest BCUT2D eigenvalue weighted by Gasteiger charge is -2.16. The number of aliphatic hydroxyl groups excluding tert-OH is 1. The lowest BCUT2D eigenvalue weighted by Crippen LogP contribution is -2.27. The highest BCUT2D eigenvalue weighted by Crippen LogP contribution is 2.15. The Bertz CT molecular complexity index is 900. The molecule has 0 saturated heterocycles. The van der Waals surface area contributed by atoms with E-state index in [2.05, 4.69) is 74.6 Å². The number of unbranched alkanes of at least 4 members (excludes halogenated alkanes) is 26. The van der Waals surface area contributed by atoms with Crippen molar-refractivity contribution in [1.29, 1.82) is 0 Å². The maximum Gasteiger partial charge on any atom is 0.306 e. The summed E-state index contributed by atoms with van der Waals surface area (Å²) >= 11 is 0. The molecule has 4 heteroatoms. The molecule has 320 valence electrons. The maximum atomic E-state index is 12.2. The molecule has 0 aromatic carbocycles. The number of ether oxygens (including phenoxy) is 2. The van der Waals surface area contributed by atoms with E-state index in [9.17, 15) is 9.90 Å².